The second-order valence-corrected chi connectivity index (χ2v) is 3.80. The number of carbonyl (C=O) groups is 1. The van der Waals surface area contributed by atoms with Crippen LogP contribution in [0.5, 0.6) is 0 Å². The van der Waals surface area contributed by atoms with Crippen LogP contribution in [0.2, 0.25) is 0 Å². The summed E-state index contributed by atoms with van der Waals surface area (Å²) in [5, 5.41) is 4.61. The largest absolute Gasteiger partial charge is 0.482 e. The Labute approximate surface area is 127 Å². The van der Waals surface area contributed by atoms with E-state index in [0.29, 0.717) is 0 Å². The predicted molar refractivity (Wildman–Crippen MR) is 78.9 cm³/mol. The van der Waals surface area contributed by atoms with Crippen LogP contribution in [0.25, 0.3) is 0 Å². The van der Waals surface area contributed by atoms with E-state index in [1.54, 1.807) is 13.8 Å². The number of nitrogens with one attached hydrogen (secondary N) is 2. The number of urea groups is 1. The number of anilines is 1. The van der Waals surface area contributed by atoms with E-state index >= 15 is 0 Å². The second-order valence-electron chi connectivity index (χ2n) is 3.80. The summed E-state index contributed by atoms with van der Waals surface area (Å²) in [6.45, 7) is 3.30. The lowest BCUT2D eigenvalue weighted by Crippen LogP contribution is -2.28. The molecule has 0 bridgehead atoms. The van der Waals surface area contributed by atoms with E-state index in [-0.39, 0.29) is 11.6 Å². The number of hydrogen-bond donors (Lipinski definition) is 2. The molecule has 1 aromatic carbocycles. The lowest BCUT2D eigenvalue weighted by Gasteiger charge is -2.11. The molecule has 2 amide bonds. The summed E-state index contributed by atoms with van der Waals surface area (Å²) in [5.74, 6) is 2.45. The predicted octanol–water partition coefficient (Wildman–Crippen LogP) is 3.97. The number of carbonyl (C=O) groups excluding carboxylic acids is 1. The highest BCUT2D eigenvalue weighted by Gasteiger charge is 2.30. The Kier molecular flexibility index (Phi) is 8.23. The average Bonchev–Trinajstić information content (AvgIpc) is 2.45. The van der Waals surface area contributed by atoms with Crippen LogP contribution in [-0.2, 0) is 10.9 Å². The zero-order chi connectivity index (χ0) is 17.2. The van der Waals surface area contributed by atoms with Crippen LogP contribution in [0.4, 0.5) is 23.7 Å². The van der Waals surface area contributed by atoms with Crippen LogP contribution >= 0.6 is 0 Å². The highest BCUT2D eigenvalue weighted by molar-refractivity contribution is 5.90. The number of terminal acetylenes is 1. The lowest BCUT2D eigenvalue weighted by atomic mass is 10.2. The Hall–Kier alpha value is -2.62. The van der Waals surface area contributed by atoms with Crippen molar-refractivity contribution >= 4 is 11.7 Å². The first-order chi connectivity index (χ1) is 10.3. The number of hydrogen-bond acceptors (Lipinski definition) is 2. The molecule has 0 spiro atoms. The number of methoxy groups -OCH3 is 1. The highest BCUT2D eigenvalue weighted by Crippen LogP contribution is 2.30. The molecule has 0 saturated carbocycles. The fourth-order valence-corrected chi connectivity index (χ4v) is 1.29. The first-order valence-electron chi connectivity index (χ1n) is 6.11. The summed E-state index contributed by atoms with van der Waals surface area (Å²) in [5.41, 5.74) is -0.790. The fourth-order valence-electron chi connectivity index (χ4n) is 1.29. The number of halogens is 3. The smallest absolute Gasteiger partial charge is 0.416 e. The van der Waals surface area contributed by atoms with Crippen molar-refractivity contribution in [3.63, 3.8) is 0 Å². The average molecular weight is 314 g/mol. The maximum Gasteiger partial charge on any atom is 0.416 e. The van der Waals surface area contributed by atoms with Crippen molar-refractivity contribution in [1.29, 1.82) is 0 Å². The van der Waals surface area contributed by atoms with Gasteiger partial charge in [-0.3, -0.25) is 5.32 Å². The minimum atomic E-state index is -4.45. The van der Waals surface area contributed by atoms with E-state index < -0.39 is 17.8 Å². The molecular formula is C15H17F3N2O2. The molecule has 22 heavy (non-hydrogen) atoms. The minimum absolute atomic E-state index is 0.0406. The standard InChI is InChI=1S/C12H13F3N2O2.C3H4/c1-3-10(19-2)17-11(18)16-9-6-4-5-8(7-9)12(13,14)15;1-3-2/h3-7H,1-2H3,(H2,16,17,18);1H,2H3/b10-3-;. The van der Waals surface area contributed by atoms with Crippen molar-refractivity contribution in [3.05, 3.63) is 41.8 Å². The molecule has 0 aliphatic heterocycles. The quantitative estimate of drug-likeness (QED) is 0.655. The molecule has 0 aliphatic rings. The first kappa shape index (κ1) is 19.4. The number of ether oxygens (including phenoxy) is 1. The van der Waals surface area contributed by atoms with Gasteiger partial charge in [-0.1, -0.05) is 6.07 Å². The molecule has 2 N–H and O–H groups in total. The van der Waals surface area contributed by atoms with E-state index in [4.69, 9.17) is 4.74 Å². The van der Waals surface area contributed by atoms with Crippen molar-refractivity contribution in [3.8, 4) is 12.3 Å². The van der Waals surface area contributed by atoms with Gasteiger partial charge in [0.25, 0.3) is 0 Å². The lowest BCUT2D eigenvalue weighted by molar-refractivity contribution is -0.137. The van der Waals surface area contributed by atoms with Gasteiger partial charge in [-0.2, -0.15) is 13.2 Å². The molecule has 1 aromatic rings. The van der Waals surface area contributed by atoms with E-state index in [2.05, 4.69) is 23.0 Å². The molecule has 0 saturated heterocycles. The normalized spacial score (nSPS) is 10.7. The molecule has 120 valence electrons. The van der Waals surface area contributed by atoms with Gasteiger partial charge in [0.2, 0.25) is 0 Å². The first-order valence-corrected chi connectivity index (χ1v) is 6.11. The van der Waals surface area contributed by atoms with Crippen LogP contribution in [0.3, 0.4) is 0 Å². The van der Waals surface area contributed by atoms with Crippen LogP contribution in [-0.4, -0.2) is 13.1 Å². The topological polar surface area (TPSA) is 50.4 Å². The number of rotatable bonds is 3. The third-order valence-corrected chi connectivity index (χ3v) is 2.17. The summed E-state index contributed by atoms with van der Waals surface area (Å²) < 4.78 is 42.2. The summed E-state index contributed by atoms with van der Waals surface area (Å²) in [7, 11) is 1.36. The zero-order valence-electron chi connectivity index (χ0n) is 12.4. The van der Waals surface area contributed by atoms with Crippen molar-refractivity contribution < 1.29 is 22.7 Å². The summed E-state index contributed by atoms with van der Waals surface area (Å²) in [6.07, 6.45) is 1.65. The summed E-state index contributed by atoms with van der Waals surface area (Å²) in [4.78, 5) is 11.5. The SMILES string of the molecule is C#CC.C/C=C(/NC(=O)Nc1cccc(C(F)(F)F)c1)OC. The van der Waals surface area contributed by atoms with Gasteiger partial charge < -0.3 is 10.1 Å². The highest BCUT2D eigenvalue weighted by atomic mass is 19.4. The molecule has 0 unspecified atom stereocenters. The molecule has 0 radical (unpaired) electrons. The second kappa shape index (κ2) is 9.34. The third-order valence-electron chi connectivity index (χ3n) is 2.17. The van der Waals surface area contributed by atoms with Gasteiger partial charge in [0.1, 0.15) is 0 Å². The molecule has 0 aliphatic carbocycles. The van der Waals surface area contributed by atoms with Crippen molar-refractivity contribution in [2.45, 2.75) is 20.0 Å². The van der Waals surface area contributed by atoms with Crippen LogP contribution < -0.4 is 10.6 Å². The van der Waals surface area contributed by atoms with E-state index in [1.807, 2.05) is 0 Å². The van der Waals surface area contributed by atoms with Crippen LogP contribution in [0.1, 0.15) is 19.4 Å². The van der Waals surface area contributed by atoms with Crippen molar-refractivity contribution in [2.75, 3.05) is 12.4 Å². The fraction of sp³-hybridized carbons (Fsp3) is 0.267. The molecule has 7 heteroatoms. The van der Waals surface area contributed by atoms with Gasteiger partial charge in [-0.05, 0) is 38.1 Å². The van der Waals surface area contributed by atoms with Gasteiger partial charge in [-0.15, -0.1) is 12.3 Å². The van der Waals surface area contributed by atoms with E-state index in [9.17, 15) is 18.0 Å². The van der Waals surface area contributed by atoms with E-state index in [0.717, 1.165) is 12.1 Å². The van der Waals surface area contributed by atoms with Gasteiger partial charge in [0.15, 0.2) is 5.88 Å². The molecule has 0 aromatic heterocycles. The molecule has 0 fully saturated rings. The van der Waals surface area contributed by atoms with Crippen LogP contribution in [0, 0.1) is 12.3 Å². The Bertz CT molecular complexity index is 561. The molecule has 0 heterocycles. The monoisotopic (exact) mass is 314 g/mol. The Morgan fingerprint density at radius 2 is 2.00 bits per heavy atom. The number of benzene rings is 1. The Morgan fingerprint density at radius 1 is 1.41 bits per heavy atom. The van der Waals surface area contributed by atoms with E-state index in [1.165, 1.54) is 25.3 Å². The number of alkyl halides is 3. The summed E-state index contributed by atoms with van der Waals surface area (Å²) >= 11 is 0. The molecule has 0 atom stereocenters. The molecule has 4 nitrogen and oxygen atoms in total. The summed E-state index contributed by atoms with van der Waals surface area (Å²) in [6, 6.07) is 3.66. The van der Waals surface area contributed by atoms with Gasteiger partial charge in [0.05, 0.1) is 12.7 Å². The Morgan fingerprint density at radius 3 is 2.45 bits per heavy atom. The number of allylic oxidation sites excluding steroid dienone is 1. The molecular weight excluding hydrogens is 297 g/mol. The van der Waals surface area contributed by atoms with Gasteiger partial charge >= 0.3 is 12.2 Å². The third kappa shape index (κ3) is 7.24. The molecule has 1 rings (SSSR count). The van der Waals surface area contributed by atoms with Crippen molar-refractivity contribution in [1.82, 2.24) is 5.32 Å². The minimum Gasteiger partial charge on any atom is -0.482 e. The number of amides is 2. The maximum atomic E-state index is 12.5. The van der Waals surface area contributed by atoms with Crippen molar-refractivity contribution in [2.24, 2.45) is 0 Å². The zero-order valence-corrected chi connectivity index (χ0v) is 12.4. The van der Waals surface area contributed by atoms with Gasteiger partial charge in [0, 0.05) is 5.69 Å². The Balaban J connectivity index is 0.00000135. The maximum absolute atomic E-state index is 12.5. The van der Waals surface area contributed by atoms with Gasteiger partial charge in [-0.25, -0.2) is 4.79 Å². The van der Waals surface area contributed by atoms with Crippen LogP contribution in [0.15, 0.2) is 36.2 Å².